The highest BCUT2D eigenvalue weighted by molar-refractivity contribution is 7.80. The molecular formula is C7H14N4S. The SMILES string of the molecule is NC=CCNC(=S)NCC=CN. The summed E-state index contributed by atoms with van der Waals surface area (Å²) < 4.78 is 0. The summed E-state index contributed by atoms with van der Waals surface area (Å²) in [5.41, 5.74) is 10.2. The predicted molar refractivity (Wildman–Crippen MR) is 55.3 cm³/mol. The molecule has 0 fully saturated rings. The van der Waals surface area contributed by atoms with Crippen molar-refractivity contribution in [1.82, 2.24) is 10.6 Å². The number of hydrogen-bond donors (Lipinski definition) is 4. The van der Waals surface area contributed by atoms with Crippen LogP contribution in [0.15, 0.2) is 24.6 Å². The Hall–Kier alpha value is -1.23. The van der Waals surface area contributed by atoms with Gasteiger partial charge in [0.05, 0.1) is 0 Å². The lowest BCUT2D eigenvalue weighted by molar-refractivity contribution is 0.944. The second kappa shape index (κ2) is 7.87. The Labute approximate surface area is 77.7 Å². The van der Waals surface area contributed by atoms with Crippen molar-refractivity contribution in [2.45, 2.75) is 0 Å². The molecule has 4 nitrogen and oxygen atoms in total. The number of hydrogen-bond acceptors (Lipinski definition) is 3. The Morgan fingerprint density at radius 1 is 1.08 bits per heavy atom. The van der Waals surface area contributed by atoms with E-state index in [9.17, 15) is 0 Å². The van der Waals surface area contributed by atoms with E-state index in [0.717, 1.165) is 0 Å². The molecule has 0 amide bonds. The third-order valence-corrected chi connectivity index (χ3v) is 1.32. The molecule has 0 atom stereocenters. The van der Waals surface area contributed by atoms with Crippen molar-refractivity contribution in [1.29, 1.82) is 0 Å². The Morgan fingerprint density at radius 3 is 1.83 bits per heavy atom. The molecular weight excluding hydrogens is 172 g/mol. The third kappa shape index (κ3) is 6.88. The van der Waals surface area contributed by atoms with Gasteiger partial charge in [0.2, 0.25) is 0 Å². The zero-order valence-corrected chi connectivity index (χ0v) is 7.60. The van der Waals surface area contributed by atoms with Crippen molar-refractivity contribution >= 4 is 17.3 Å². The topological polar surface area (TPSA) is 76.1 Å². The van der Waals surface area contributed by atoms with Gasteiger partial charge in [-0.15, -0.1) is 0 Å². The van der Waals surface area contributed by atoms with E-state index in [0.29, 0.717) is 18.2 Å². The van der Waals surface area contributed by atoms with Gasteiger partial charge in [0, 0.05) is 13.1 Å². The Morgan fingerprint density at radius 2 is 1.50 bits per heavy atom. The van der Waals surface area contributed by atoms with Crippen LogP contribution in [0.25, 0.3) is 0 Å². The van der Waals surface area contributed by atoms with E-state index in [1.54, 1.807) is 12.2 Å². The van der Waals surface area contributed by atoms with Crippen LogP contribution in [0.1, 0.15) is 0 Å². The zero-order valence-electron chi connectivity index (χ0n) is 6.79. The molecule has 0 aromatic rings. The highest BCUT2D eigenvalue weighted by Crippen LogP contribution is 1.69. The average Bonchev–Trinajstić information content (AvgIpc) is 2.06. The van der Waals surface area contributed by atoms with E-state index in [1.807, 2.05) is 0 Å². The first-order valence-corrected chi connectivity index (χ1v) is 3.97. The molecule has 12 heavy (non-hydrogen) atoms. The van der Waals surface area contributed by atoms with Crippen LogP contribution in [0.4, 0.5) is 0 Å². The molecule has 0 rings (SSSR count). The molecule has 0 aliphatic heterocycles. The maximum Gasteiger partial charge on any atom is 0.166 e. The van der Waals surface area contributed by atoms with E-state index in [-0.39, 0.29) is 0 Å². The first-order valence-electron chi connectivity index (χ1n) is 3.56. The number of nitrogens with two attached hydrogens (primary N) is 2. The maximum atomic E-state index is 5.12. The standard InChI is InChI=1S/C7H14N4S/c8-3-1-5-10-7(12)11-6-2-4-9/h1-4H,5-6,8-9H2,(H2,10,11,12). The number of rotatable bonds is 4. The number of nitrogens with one attached hydrogen (secondary N) is 2. The van der Waals surface area contributed by atoms with Crippen LogP contribution in [0, 0.1) is 0 Å². The quantitative estimate of drug-likeness (QED) is 0.441. The summed E-state index contributed by atoms with van der Waals surface area (Å²) in [5.74, 6) is 0. The Bertz CT molecular complexity index is 158. The fourth-order valence-electron chi connectivity index (χ4n) is 0.502. The van der Waals surface area contributed by atoms with Crippen LogP contribution < -0.4 is 22.1 Å². The lowest BCUT2D eigenvalue weighted by Crippen LogP contribution is -2.35. The van der Waals surface area contributed by atoms with Gasteiger partial charge in [0.15, 0.2) is 5.11 Å². The fourth-order valence-corrected chi connectivity index (χ4v) is 0.668. The van der Waals surface area contributed by atoms with E-state index >= 15 is 0 Å². The lowest BCUT2D eigenvalue weighted by Gasteiger charge is -2.05. The molecule has 0 aromatic carbocycles. The molecule has 0 aliphatic rings. The van der Waals surface area contributed by atoms with E-state index < -0.39 is 0 Å². The van der Waals surface area contributed by atoms with Gasteiger partial charge >= 0.3 is 0 Å². The van der Waals surface area contributed by atoms with Gasteiger partial charge in [-0.05, 0) is 36.8 Å². The Kier molecular flexibility index (Phi) is 7.07. The van der Waals surface area contributed by atoms with Crippen molar-refractivity contribution in [2.75, 3.05) is 13.1 Å². The third-order valence-electron chi connectivity index (χ3n) is 1.03. The summed E-state index contributed by atoms with van der Waals surface area (Å²) in [7, 11) is 0. The first-order chi connectivity index (χ1) is 5.81. The molecule has 0 radical (unpaired) electrons. The van der Waals surface area contributed by atoms with Crippen LogP contribution in [0.2, 0.25) is 0 Å². The monoisotopic (exact) mass is 186 g/mol. The maximum absolute atomic E-state index is 5.12. The normalized spacial score (nSPS) is 10.7. The van der Waals surface area contributed by atoms with Gasteiger partial charge in [-0.1, -0.05) is 0 Å². The van der Waals surface area contributed by atoms with E-state index in [2.05, 4.69) is 10.6 Å². The molecule has 6 N–H and O–H groups in total. The van der Waals surface area contributed by atoms with Gasteiger partial charge in [-0.25, -0.2) is 0 Å². The number of thiocarbonyl (C=S) groups is 1. The molecule has 0 unspecified atom stereocenters. The molecule has 0 saturated carbocycles. The highest BCUT2D eigenvalue weighted by Gasteiger charge is 1.87. The van der Waals surface area contributed by atoms with Crippen molar-refractivity contribution in [2.24, 2.45) is 11.5 Å². The summed E-state index contributed by atoms with van der Waals surface area (Å²) in [6.07, 6.45) is 6.48. The lowest BCUT2D eigenvalue weighted by atomic mass is 10.6. The molecule has 0 aliphatic carbocycles. The van der Waals surface area contributed by atoms with Gasteiger partial charge in [0.25, 0.3) is 0 Å². The largest absolute Gasteiger partial charge is 0.405 e. The van der Waals surface area contributed by atoms with Gasteiger partial charge < -0.3 is 22.1 Å². The van der Waals surface area contributed by atoms with E-state index in [4.69, 9.17) is 23.7 Å². The molecule has 0 heterocycles. The van der Waals surface area contributed by atoms with Crippen LogP contribution in [-0.2, 0) is 0 Å². The summed E-state index contributed by atoms with van der Waals surface area (Å²) in [5, 5.41) is 6.43. The molecule has 0 bridgehead atoms. The minimum atomic E-state index is 0.589. The van der Waals surface area contributed by atoms with Crippen molar-refractivity contribution in [3.63, 3.8) is 0 Å². The van der Waals surface area contributed by atoms with Crippen LogP contribution in [0.3, 0.4) is 0 Å². The smallest absolute Gasteiger partial charge is 0.166 e. The van der Waals surface area contributed by atoms with E-state index in [1.165, 1.54) is 12.4 Å². The van der Waals surface area contributed by atoms with Crippen molar-refractivity contribution in [3.05, 3.63) is 24.6 Å². The summed E-state index contributed by atoms with van der Waals surface area (Å²) in [6.45, 7) is 1.27. The Balaban J connectivity index is 3.33. The molecule has 68 valence electrons. The summed E-state index contributed by atoms with van der Waals surface area (Å²) in [6, 6.07) is 0. The van der Waals surface area contributed by atoms with Crippen LogP contribution >= 0.6 is 12.2 Å². The van der Waals surface area contributed by atoms with Crippen molar-refractivity contribution < 1.29 is 0 Å². The molecule has 5 heteroatoms. The summed E-state index contributed by atoms with van der Waals surface area (Å²) in [4.78, 5) is 0. The minimum absolute atomic E-state index is 0.589. The summed E-state index contributed by atoms with van der Waals surface area (Å²) >= 11 is 4.91. The second-order valence-corrected chi connectivity index (χ2v) is 2.36. The van der Waals surface area contributed by atoms with Crippen LogP contribution in [0.5, 0.6) is 0 Å². The molecule has 0 saturated heterocycles. The second-order valence-electron chi connectivity index (χ2n) is 1.95. The van der Waals surface area contributed by atoms with Gasteiger partial charge in [-0.3, -0.25) is 0 Å². The fraction of sp³-hybridized carbons (Fsp3) is 0.286. The predicted octanol–water partition coefficient (Wildman–Crippen LogP) is -0.605. The molecule has 0 aromatic heterocycles. The van der Waals surface area contributed by atoms with Crippen LogP contribution in [-0.4, -0.2) is 18.2 Å². The van der Waals surface area contributed by atoms with Gasteiger partial charge in [0.1, 0.15) is 0 Å². The van der Waals surface area contributed by atoms with Crippen molar-refractivity contribution in [3.8, 4) is 0 Å². The minimum Gasteiger partial charge on any atom is -0.405 e. The zero-order chi connectivity index (χ0) is 9.23. The molecule has 0 spiro atoms. The first kappa shape index (κ1) is 10.8. The highest BCUT2D eigenvalue weighted by atomic mass is 32.1. The average molecular weight is 186 g/mol. The van der Waals surface area contributed by atoms with Gasteiger partial charge in [-0.2, -0.15) is 0 Å².